The van der Waals surface area contributed by atoms with Crippen molar-refractivity contribution in [1.82, 2.24) is 10.0 Å². The van der Waals surface area contributed by atoms with Crippen molar-refractivity contribution < 1.29 is 23.1 Å². The quantitative estimate of drug-likeness (QED) is 0.233. The number of hydrogen-bond acceptors (Lipinski definition) is 7. The van der Waals surface area contributed by atoms with Gasteiger partial charge in [-0.05, 0) is 54.8 Å². The maximum atomic E-state index is 12.4. The Bertz CT molecular complexity index is 1260. The van der Waals surface area contributed by atoms with Gasteiger partial charge in [-0.1, -0.05) is 48.5 Å². The largest absolute Gasteiger partial charge is 0.492 e. The van der Waals surface area contributed by atoms with Gasteiger partial charge in [0.05, 0.1) is 17.9 Å². The lowest BCUT2D eigenvalue weighted by Crippen LogP contribution is -2.30. The van der Waals surface area contributed by atoms with Gasteiger partial charge in [-0.2, -0.15) is 0 Å². The van der Waals surface area contributed by atoms with Gasteiger partial charge in [-0.25, -0.2) is 13.1 Å². The summed E-state index contributed by atoms with van der Waals surface area (Å²) in [7, 11) is -3.67. The number of hydrogen-bond donors (Lipinski definition) is 4. The number of halogens is 2. The highest BCUT2D eigenvalue weighted by Crippen LogP contribution is 2.28. The van der Waals surface area contributed by atoms with E-state index in [1.807, 2.05) is 79.2 Å². The number of ether oxygens (including phenoxy) is 1. The minimum Gasteiger partial charge on any atom is -0.492 e. The number of anilines is 1. The molecule has 4 N–H and O–H groups in total. The Kier molecular flexibility index (Phi) is 13.6. The van der Waals surface area contributed by atoms with Crippen LogP contribution < -0.4 is 20.1 Å². The second-order valence-electron chi connectivity index (χ2n) is 8.77. The SMILES string of the molecule is CC(C)Nc1cc(-c2ccc(OCCNC[C@H](O)c3ccccc3)cc2)ccc1C(=O)NS(C)(=O)=O.Cl.Cl. The third kappa shape index (κ3) is 10.5. The van der Waals surface area contributed by atoms with E-state index in [1.165, 1.54) is 0 Å². The van der Waals surface area contributed by atoms with Crippen LogP contribution in [0.4, 0.5) is 5.69 Å². The van der Waals surface area contributed by atoms with E-state index in [-0.39, 0.29) is 36.4 Å². The van der Waals surface area contributed by atoms with Gasteiger partial charge in [0.25, 0.3) is 5.91 Å². The maximum absolute atomic E-state index is 12.4. The van der Waals surface area contributed by atoms with E-state index in [0.29, 0.717) is 31.1 Å². The van der Waals surface area contributed by atoms with Crippen LogP contribution in [0.5, 0.6) is 5.75 Å². The van der Waals surface area contributed by atoms with Crippen molar-refractivity contribution in [2.45, 2.75) is 26.0 Å². The Morgan fingerprint density at radius 3 is 2.18 bits per heavy atom. The standard InChI is InChI=1S/C27H33N3O5S.2ClH/c1-19(2)29-25-17-22(11-14-24(25)27(32)30-36(3,33)34)20-9-12-23(13-10-20)35-16-15-28-18-26(31)21-7-5-4-6-8-21;;/h4-14,17,19,26,28-29,31H,15-16,18H2,1-3H3,(H,30,32);2*1H/t26-;;/m0../s1. The fourth-order valence-corrected chi connectivity index (χ4v) is 4.04. The maximum Gasteiger partial charge on any atom is 0.266 e. The Balaban J connectivity index is 0.00000361. The highest BCUT2D eigenvalue weighted by atomic mass is 35.5. The number of benzene rings is 3. The molecule has 0 saturated heterocycles. The summed E-state index contributed by atoms with van der Waals surface area (Å²) in [5.41, 5.74) is 3.47. The van der Waals surface area contributed by atoms with E-state index in [0.717, 1.165) is 22.9 Å². The van der Waals surface area contributed by atoms with Crippen molar-refractivity contribution in [3.63, 3.8) is 0 Å². The number of sulfonamides is 1. The summed E-state index contributed by atoms with van der Waals surface area (Å²) in [6.07, 6.45) is 0.382. The molecule has 0 saturated carbocycles. The molecule has 0 fully saturated rings. The minimum absolute atomic E-state index is 0. The van der Waals surface area contributed by atoms with Gasteiger partial charge in [0.1, 0.15) is 12.4 Å². The molecule has 1 atom stereocenters. The first-order chi connectivity index (χ1) is 17.1. The zero-order chi connectivity index (χ0) is 26.1. The molecule has 38 heavy (non-hydrogen) atoms. The lowest BCUT2D eigenvalue weighted by atomic mass is 10.0. The molecule has 11 heteroatoms. The lowest BCUT2D eigenvalue weighted by Gasteiger charge is -2.16. The van der Waals surface area contributed by atoms with Gasteiger partial charge in [0.15, 0.2) is 0 Å². The molecule has 0 radical (unpaired) electrons. The first-order valence-electron chi connectivity index (χ1n) is 11.7. The second-order valence-corrected chi connectivity index (χ2v) is 10.5. The molecule has 0 aliphatic heterocycles. The summed E-state index contributed by atoms with van der Waals surface area (Å²) < 4.78 is 30.8. The predicted octanol–water partition coefficient (Wildman–Crippen LogP) is 4.41. The molecule has 1 amide bonds. The van der Waals surface area contributed by atoms with Crippen LogP contribution >= 0.6 is 24.8 Å². The summed E-state index contributed by atoms with van der Waals surface area (Å²) in [4.78, 5) is 12.4. The Morgan fingerprint density at radius 2 is 1.58 bits per heavy atom. The second kappa shape index (κ2) is 15.6. The molecule has 0 heterocycles. The predicted molar refractivity (Wildman–Crippen MR) is 157 cm³/mol. The van der Waals surface area contributed by atoms with E-state index in [1.54, 1.807) is 12.1 Å². The van der Waals surface area contributed by atoms with E-state index >= 15 is 0 Å². The average Bonchev–Trinajstić information content (AvgIpc) is 2.83. The fourth-order valence-electron chi connectivity index (χ4n) is 3.59. The molecule has 0 bridgehead atoms. The van der Waals surface area contributed by atoms with Gasteiger partial charge in [-0.15, -0.1) is 24.8 Å². The molecule has 208 valence electrons. The molecule has 0 aliphatic rings. The topological polar surface area (TPSA) is 117 Å². The summed E-state index contributed by atoms with van der Waals surface area (Å²) >= 11 is 0. The van der Waals surface area contributed by atoms with Crippen LogP contribution in [0, 0.1) is 0 Å². The zero-order valence-corrected chi connectivity index (χ0v) is 24.0. The summed E-state index contributed by atoms with van der Waals surface area (Å²) in [6, 6.07) is 22.3. The molecule has 0 aromatic heterocycles. The number of carbonyl (C=O) groups excluding carboxylic acids is 1. The smallest absolute Gasteiger partial charge is 0.266 e. The van der Waals surface area contributed by atoms with E-state index < -0.39 is 22.0 Å². The van der Waals surface area contributed by atoms with Crippen LogP contribution in [0.2, 0.25) is 0 Å². The van der Waals surface area contributed by atoms with Crippen LogP contribution in [0.1, 0.15) is 35.9 Å². The van der Waals surface area contributed by atoms with Crippen LogP contribution in [-0.2, 0) is 10.0 Å². The van der Waals surface area contributed by atoms with Crippen LogP contribution in [-0.4, -0.2) is 51.4 Å². The van der Waals surface area contributed by atoms with E-state index in [9.17, 15) is 18.3 Å². The monoisotopic (exact) mass is 583 g/mol. The van der Waals surface area contributed by atoms with Gasteiger partial charge in [-0.3, -0.25) is 4.79 Å². The lowest BCUT2D eigenvalue weighted by molar-refractivity contribution is 0.0982. The van der Waals surface area contributed by atoms with Gasteiger partial charge >= 0.3 is 0 Å². The highest BCUT2D eigenvalue weighted by Gasteiger charge is 2.17. The molecule has 3 aromatic rings. The normalized spacial score (nSPS) is 11.6. The van der Waals surface area contributed by atoms with Gasteiger partial charge < -0.3 is 20.5 Å². The molecular weight excluding hydrogens is 549 g/mol. The van der Waals surface area contributed by atoms with Crippen molar-refractivity contribution in [3.8, 4) is 16.9 Å². The summed E-state index contributed by atoms with van der Waals surface area (Å²) in [6.45, 7) is 5.36. The number of amides is 1. The Hall–Kier alpha value is -2.82. The molecule has 0 aliphatic carbocycles. The fraction of sp³-hybridized carbons (Fsp3) is 0.296. The summed E-state index contributed by atoms with van der Waals surface area (Å²) in [5, 5.41) is 16.6. The van der Waals surface area contributed by atoms with Gasteiger partial charge in [0, 0.05) is 24.8 Å². The van der Waals surface area contributed by atoms with Crippen LogP contribution in [0.15, 0.2) is 72.8 Å². The van der Waals surface area contributed by atoms with Crippen molar-refractivity contribution >= 4 is 46.4 Å². The average molecular weight is 585 g/mol. The van der Waals surface area contributed by atoms with Crippen molar-refractivity contribution in [3.05, 3.63) is 83.9 Å². The van der Waals surface area contributed by atoms with Crippen LogP contribution in [0.3, 0.4) is 0 Å². The number of aliphatic hydroxyl groups excluding tert-OH is 1. The van der Waals surface area contributed by atoms with E-state index in [2.05, 4.69) is 10.6 Å². The third-order valence-electron chi connectivity index (χ3n) is 5.24. The first-order valence-corrected chi connectivity index (χ1v) is 13.6. The Labute approximate surface area is 237 Å². The number of nitrogens with one attached hydrogen (secondary N) is 3. The zero-order valence-electron chi connectivity index (χ0n) is 21.5. The molecule has 3 aromatic carbocycles. The third-order valence-corrected chi connectivity index (χ3v) is 5.80. The molecule has 8 nitrogen and oxygen atoms in total. The number of carbonyl (C=O) groups is 1. The minimum atomic E-state index is -3.67. The molecular formula is C27H35Cl2N3O5S. The van der Waals surface area contributed by atoms with Crippen molar-refractivity contribution in [1.29, 1.82) is 0 Å². The molecule has 0 spiro atoms. The van der Waals surface area contributed by atoms with Crippen LogP contribution in [0.25, 0.3) is 11.1 Å². The van der Waals surface area contributed by atoms with Gasteiger partial charge in [0.2, 0.25) is 10.0 Å². The molecule has 3 rings (SSSR count). The van der Waals surface area contributed by atoms with Crippen molar-refractivity contribution in [2.24, 2.45) is 0 Å². The summed E-state index contributed by atoms with van der Waals surface area (Å²) in [5.74, 6) is 0.0367. The van der Waals surface area contributed by atoms with Crippen molar-refractivity contribution in [2.75, 3.05) is 31.3 Å². The first kappa shape index (κ1) is 33.2. The number of rotatable bonds is 12. The highest BCUT2D eigenvalue weighted by molar-refractivity contribution is 7.89. The van der Waals surface area contributed by atoms with E-state index in [4.69, 9.17) is 4.74 Å². The Morgan fingerprint density at radius 1 is 0.947 bits per heavy atom. The molecule has 0 unspecified atom stereocenters. The number of aliphatic hydroxyl groups is 1.